The van der Waals surface area contributed by atoms with Crippen molar-refractivity contribution in [3.63, 3.8) is 0 Å². The van der Waals surface area contributed by atoms with Crippen LogP contribution in [0.5, 0.6) is 0 Å². The average Bonchev–Trinajstić information content (AvgIpc) is 2.96. The van der Waals surface area contributed by atoms with Crippen molar-refractivity contribution in [1.82, 2.24) is 9.55 Å². The molecule has 0 bridgehead atoms. The predicted octanol–water partition coefficient (Wildman–Crippen LogP) is 6.17. The Balaban J connectivity index is 2.25. The molecule has 0 fully saturated rings. The molecule has 1 atom stereocenters. The topological polar surface area (TPSA) is 43.8 Å². The van der Waals surface area contributed by atoms with Crippen LogP contribution in [-0.2, 0) is 12.7 Å². The van der Waals surface area contributed by atoms with Gasteiger partial charge >= 0.3 is 6.18 Å². The van der Waals surface area contributed by atoms with Crippen molar-refractivity contribution >= 4 is 10.9 Å². The number of alkyl halides is 5. The molecule has 0 aliphatic carbocycles. The van der Waals surface area contributed by atoms with Crippen LogP contribution in [0.2, 0.25) is 0 Å². The second-order valence-corrected chi connectivity index (χ2v) is 8.41. The van der Waals surface area contributed by atoms with Gasteiger partial charge in [0.15, 0.2) is 0 Å². The van der Waals surface area contributed by atoms with Crippen molar-refractivity contribution in [3.8, 4) is 11.3 Å². The minimum Gasteiger partial charge on any atom is -0.347 e. The summed E-state index contributed by atoms with van der Waals surface area (Å²) in [5.74, 6) is -1.10. The maximum absolute atomic E-state index is 13.4. The van der Waals surface area contributed by atoms with Gasteiger partial charge in [-0.15, -0.1) is 0 Å². The summed E-state index contributed by atoms with van der Waals surface area (Å²) in [6.07, 6.45) is -5.38. The minimum absolute atomic E-state index is 0.0975. The molecule has 0 aliphatic heterocycles. The standard InChI is InChI=1S/C21H21F6N3/c1-20(2,3)10-30-9-14(17(28)19(23)24)13-5-4-11(6-16(13)30)18-15(21(25,26)27)7-12(22)8-29-18/h4-9,17,19H,10,28H2,1-3H3. The molecule has 1 aromatic carbocycles. The van der Waals surface area contributed by atoms with Crippen LogP contribution in [0.4, 0.5) is 26.3 Å². The van der Waals surface area contributed by atoms with E-state index in [9.17, 15) is 26.3 Å². The molecule has 3 aromatic rings. The van der Waals surface area contributed by atoms with E-state index in [1.807, 2.05) is 20.8 Å². The zero-order valence-electron chi connectivity index (χ0n) is 16.6. The molecule has 0 spiro atoms. The molecule has 9 heteroatoms. The normalized spacial score (nSPS) is 14.0. The maximum Gasteiger partial charge on any atom is 0.418 e. The Labute approximate surface area is 169 Å². The summed E-state index contributed by atoms with van der Waals surface area (Å²) in [5, 5.41) is 0.423. The number of halogens is 6. The van der Waals surface area contributed by atoms with Gasteiger partial charge in [-0.25, -0.2) is 13.2 Å². The largest absolute Gasteiger partial charge is 0.418 e. The summed E-state index contributed by atoms with van der Waals surface area (Å²) in [6, 6.07) is 3.10. The molecular formula is C21H21F6N3. The van der Waals surface area contributed by atoms with Gasteiger partial charge in [0.05, 0.1) is 23.5 Å². The molecule has 2 aromatic heterocycles. The van der Waals surface area contributed by atoms with Gasteiger partial charge < -0.3 is 10.3 Å². The Morgan fingerprint density at radius 1 is 1.10 bits per heavy atom. The molecule has 0 saturated carbocycles. The van der Waals surface area contributed by atoms with Crippen LogP contribution in [0, 0.1) is 11.2 Å². The number of nitrogens with zero attached hydrogens (tertiary/aromatic N) is 2. The third kappa shape index (κ3) is 4.45. The molecule has 0 radical (unpaired) electrons. The average molecular weight is 429 g/mol. The van der Waals surface area contributed by atoms with Crippen LogP contribution in [0.1, 0.15) is 37.9 Å². The Kier molecular flexibility index (Phi) is 5.62. The fraction of sp³-hybridized carbons (Fsp3) is 0.381. The third-order valence-corrected chi connectivity index (χ3v) is 4.62. The number of hydrogen-bond donors (Lipinski definition) is 1. The highest BCUT2D eigenvalue weighted by Crippen LogP contribution is 2.38. The van der Waals surface area contributed by atoms with Gasteiger partial charge in [-0.05, 0) is 17.5 Å². The van der Waals surface area contributed by atoms with Crippen LogP contribution < -0.4 is 5.73 Å². The van der Waals surface area contributed by atoms with Gasteiger partial charge in [-0.1, -0.05) is 32.9 Å². The summed E-state index contributed by atoms with van der Waals surface area (Å²) < 4.78 is 81.9. The summed E-state index contributed by atoms with van der Waals surface area (Å²) in [7, 11) is 0. The van der Waals surface area contributed by atoms with Crippen molar-refractivity contribution in [2.24, 2.45) is 11.1 Å². The molecule has 0 amide bonds. The lowest BCUT2D eigenvalue weighted by molar-refractivity contribution is -0.137. The van der Waals surface area contributed by atoms with Gasteiger partial charge in [0.2, 0.25) is 0 Å². The number of nitrogens with two attached hydrogens (primary N) is 1. The number of pyridine rings is 1. The zero-order chi connectivity index (χ0) is 22.4. The molecule has 1 unspecified atom stereocenters. The Bertz CT molecular complexity index is 1060. The van der Waals surface area contributed by atoms with Crippen LogP contribution in [0.15, 0.2) is 36.7 Å². The minimum atomic E-state index is -4.81. The number of aromatic nitrogens is 2. The van der Waals surface area contributed by atoms with Crippen molar-refractivity contribution < 1.29 is 26.3 Å². The van der Waals surface area contributed by atoms with Crippen LogP contribution in [0.3, 0.4) is 0 Å². The fourth-order valence-electron chi connectivity index (χ4n) is 3.40. The van der Waals surface area contributed by atoms with E-state index < -0.39 is 35.7 Å². The van der Waals surface area contributed by atoms with Crippen LogP contribution in [0.25, 0.3) is 22.2 Å². The Hall–Kier alpha value is -2.55. The predicted molar refractivity (Wildman–Crippen MR) is 103 cm³/mol. The summed E-state index contributed by atoms with van der Waals surface area (Å²) in [4.78, 5) is 3.65. The molecule has 0 saturated heterocycles. The van der Waals surface area contributed by atoms with Gasteiger partial charge in [0.1, 0.15) is 5.82 Å². The number of benzene rings is 1. The highest BCUT2D eigenvalue weighted by molar-refractivity contribution is 5.88. The summed E-state index contributed by atoms with van der Waals surface area (Å²) >= 11 is 0. The Morgan fingerprint density at radius 3 is 2.33 bits per heavy atom. The zero-order valence-corrected chi connectivity index (χ0v) is 16.6. The van der Waals surface area contributed by atoms with Crippen molar-refractivity contribution in [2.75, 3.05) is 0 Å². The van der Waals surface area contributed by atoms with E-state index in [0.717, 1.165) is 0 Å². The maximum atomic E-state index is 13.4. The van der Waals surface area contributed by atoms with Crippen LogP contribution >= 0.6 is 0 Å². The number of hydrogen-bond acceptors (Lipinski definition) is 2. The SMILES string of the molecule is CC(C)(C)Cn1cc(C(N)C(F)F)c2ccc(-c3ncc(F)cc3C(F)(F)F)cc21. The molecule has 2 heterocycles. The van der Waals surface area contributed by atoms with Gasteiger partial charge in [-0.2, -0.15) is 13.2 Å². The smallest absolute Gasteiger partial charge is 0.347 e. The lowest BCUT2D eigenvalue weighted by atomic mass is 9.97. The van der Waals surface area contributed by atoms with E-state index in [1.165, 1.54) is 24.4 Å². The summed E-state index contributed by atoms with van der Waals surface area (Å²) in [6.45, 7) is 6.25. The molecule has 3 nitrogen and oxygen atoms in total. The van der Waals surface area contributed by atoms with E-state index in [2.05, 4.69) is 4.98 Å². The first kappa shape index (κ1) is 22.1. The van der Waals surface area contributed by atoms with Gasteiger partial charge in [0.25, 0.3) is 6.43 Å². The first-order valence-corrected chi connectivity index (χ1v) is 9.17. The van der Waals surface area contributed by atoms with E-state index in [0.29, 0.717) is 29.7 Å². The van der Waals surface area contributed by atoms with E-state index in [1.54, 1.807) is 4.57 Å². The van der Waals surface area contributed by atoms with Crippen LogP contribution in [-0.4, -0.2) is 16.0 Å². The first-order valence-electron chi connectivity index (χ1n) is 9.17. The monoisotopic (exact) mass is 429 g/mol. The Morgan fingerprint density at radius 2 is 1.77 bits per heavy atom. The second kappa shape index (κ2) is 7.61. The number of rotatable bonds is 4. The highest BCUT2D eigenvalue weighted by atomic mass is 19.4. The van der Waals surface area contributed by atoms with E-state index in [4.69, 9.17) is 5.73 Å². The van der Waals surface area contributed by atoms with Gasteiger partial charge in [0, 0.05) is 34.8 Å². The van der Waals surface area contributed by atoms with Crippen molar-refractivity contribution in [2.45, 2.75) is 46.0 Å². The molecular weight excluding hydrogens is 408 g/mol. The molecule has 162 valence electrons. The molecule has 2 N–H and O–H groups in total. The molecule has 30 heavy (non-hydrogen) atoms. The quantitative estimate of drug-likeness (QED) is 0.504. The molecule has 0 aliphatic rings. The summed E-state index contributed by atoms with van der Waals surface area (Å²) in [5.41, 5.74) is 4.54. The second-order valence-electron chi connectivity index (χ2n) is 8.41. The van der Waals surface area contributed by atoms with E-state index in [-0.39, 0.29) is 16.5 Å². The fourth-order valence-corrected chi connectivity index (χ4v) is 3.40. The molecule has 3 rings (SSSR count). The third-order valence-electron chi connectivity index (χ3n) is 4.62. The number of fused-ring (bicyclic) bond motifs is 1. The van der Waals surface area contributed by atoms with Crippen molar-refractivity contribution in [3.05, 3.63) is 53.6 Å². The highest BCUT2D eigenvalue weighted by Gasteiger charge is 2.35. The first-order chi connectivity index (χ1) is 13.8. The lowest BCUT2D eigenvalue weighted by Crippen LogP contribution is -2.19. The van der Waals surface area contributed by atoms with E-state index >= 15 is 0 Å². The van der Waals surface area contributed by atoms with Crippen molar-refractivity contribution in [1.29, 1.82) is 0 Å². The van der Waals surface area contributed by atoms with Gasteiger partial charge in [-0.3, -0.25) is 4.98 Å². The lowest BCUT2D eigenvalue weighted by Gasteiger charge is -2.20.